The average Bonchev–Trinajstić information content (AvgIpc) is 3.40. The Morgan fingerprint density at radius 2 is 1.82 bits per heavy atom. The highest BCUT2D eigenvalue weighted by Crippen LogP contribution is 2.37. The van der Waals surface area contributed by atoms with Gasteiger partial charge in [-0.1, -0.05) is 0 Å². The van der Waals surface area contributed by atoms with E-state index in [9.17, 15) is 44.7 Å². The topological polar surface area (TPSA) is 236 Å². The molecular formula is C33H50N4O12. The third-order valence-corrected chi connectivity index (χ3v) is 9.17. The van der Waals surface area contributed by atoms with Gasteiger partial charge in [0.1, 0.15) is 23.6 Å². The van der Waals surface area contributed by atoms with Crippen LogP contribution in [0.25, 0.3) is 0 Å². The average molecular weight is 695 g/mol. The molecular weight excluding hydrogens is 644 g/mol. The SMILES string of the molecule is CC(=O)N[C@H]1[C@H]([C@H](O)[C@H](O)CNC(=O)c2cc(C)c(O)c(C)c2)O[C@@](C[C@H]2COC[C@]3(CCN(C(=O)OC(C)(C)C)C3)N2)(C(=O)O)C[C@@H]1O. The minimum absolute atomic E-state index is 0.0436. The van der Waals surface area contributed by atoms with Crippen LogP contribution in [0.2, 0.25) is 0 Å². The lowest BCUT2D eigenvalue weighted by molar-refractivity contribution is -0.232. The van der Waals surface area contributed by atoms with Gasteiger partial charge in [0.25, 0.3) is 5.91 Å². The second-order valence-electron chi connectivity index (χ2n) is 14.6. The minimum Gasteiger partial charge on any atom is -0.507 e. The molecule has 3 amide bonds. The molecule has 274 valence electrons. The first-order chi connectivity index (χ1) is 22.7. The Bertz CT molecular complexity index is 1400. The van der Waals surface area contributed by atoms with Crippen molar-refractivity contribution in [1.82, 2.24) is 20.9 Å². The first-order valence-corrected chi connectivity index (χ1v) is 16.4. The van der Waals surface area contributed by atoms with Gasteiger partial charge in [0.05, 0.1) is 37.0 Å². The first-order valence-electron chi connectivity index (χ1n) is 16.4. The van der Waals surface area contributed by atoms with Crippen LogP contribution in [0.15, 0.2) is 12.1 Å². The highest BCUT2D eigenvalue weighted by atomic mass is 16.6. The number of aliphatic hydroxyl groups is 3. The summed E-state index contributed by atoms with van der Waals surface area (Å²) in [4.78, 5) is 52.1. The van der Waals surface area contributed by atoms with E-state index in [0.29, 0.717) is 24.1 Å². The number of carbonyl (C=O) groups excluding carboxylic acids is 3. The zero-order valence-corrected chi connectivity index (χ0v) is 28.8. The van der Waals surface area contributed by atoms with Gasteiger partial charge >= 0.3 is 12.1 Å². The lowest BCUT2D eigenvalue weighted by Gasteiger charge is -2.49. The van der Waals surface area contributed by atoms with Crippen LogP contribution < -0.4 is 16.0 Å². The summed E-state index contributed by atoms with van der Waals surface area (Å²) < 4.78 is 17.5. The van der Waals surface area contributed by atoms with Gasteiger partial charge in [-0.05, 0) is 64.3 Å². The molecule has 1 spiro atoms. The number of aliphatic hydroxyl groups excluding tert-OH is 3. The minimum atomic E-state index is -2.09. The molecule has 3 fully saturated rings. The van der Waals surface area contributed by atoms with Crippen LogP contribution in [-0.2, 0) is 23.8 Å². The largest absolute Gasteiger partial charge is 0.507 e. The second-order valence-corrected chi connectivity index (χ2v) is 14.6. The summed E-state index contributed by atoms with van der Waals surface area (Å²) in [6.45, 7) is 10.3. The summed E-state index contributed by atoms with van der Waals surface area (Å²) in [5.41, 5.74) is -2.32. The molecule has 1 aromatic rings. The Hall–Kier alpha value is -3.54. The molecule has 16 heteroatoms. The highest BCUT2D eigenvalue weighted by molar-refractivity contribution is 5.94. The molecule has 0 unspecified atom stereocenters. The third kappa shape index (κ3) is 8.98. The summed E-state index contributed by atoms with van der Waals surface area (Å²) in [6.07, 6.45) is -7.34. The molecule has 3 aliphatic rings. The van der Waals surface area contributed by atoms with E-state index in [4.69, 9.17) is 14.2 Å². The van der Waals surface area contributed by atoms with E-state index in [2.05, 4.69) is 16.0 Å². The fourth-order valence-electron chi connectivity index (χ4n) is 6.85. The lowest BCUT2D eigenvalue weighted by Crippen LogP contribution is -2.69. The molecule has 16 nitrogen and oxygen atoms in total. The normalized spacial score (nSPS) is 30.0. The van der Waals surface area contributed by atoms with E-state index >= 15 is 0 Å². The van der Waals surface area contributed by atoms with Crippen molar-refractivity contribution in [1.29, 1.82) is 0 Å². The van der Waals surface area contributed by atoms with Gasteiger partial charge in [0.15, 0.2) is 5.60 Å². The molecule has 0 aromatic heterocycles. The number of phenolic OH excluding ortho intramolecular Hbond substituents is 1. The van der Waals surface area contributed by atoms with Crippen LogP contribution in [0, 0.1) is 13.8 Å². The number of hydrogen-bond acceptors (Lipinski definition) is 12. The van der Waals surface area contributed by atoms with Crippen molar-refractivity contribution < 1.29 is 58.9 Å². The maximum Gasteiger partial charge on any atom is 0.410 e. The molecule has 3 saturated heterocycles. The van der Waals surface area contributed by atoms with Crippen molar-refractivity contribution in [3.8, 4) is 5.75 Å². The Morgan fingerprint density at radius 1 is 1.16 bits per heavy atom. The molecule has 0 radical (unpaired) electrons. The maximum absolute atomic E-state index is 12.9. The van der Waals surface area contributed by atoms with E-state index in [1.807, 2.05) is 0 Å². The Labute approximate surface area is 285 Å². The number of nitrogens with zero attached hydrogens (tertiary/aromatic N) is 1. The molecule has 8 atom stereocenters. The van der Waals surface area contributed by atoms with Crippen molar-refractivity contribution in [2.75, 3.05) is 32.8 Å². The predicted octanol–water partition coefficient (Wildman–Crippen LogP) is -0.303. The van der Waals surface area contributed by atoms with Crippen LogP contribution in [-0.4, -0.2) is 140 Å². The van der Waals surface area contributed by atoms with Gasteiger partial charge in [0, 0.05) is 51.0 Å². The zero-order chi connectivity index (χ0) is 36.5. The van der Waals surface area contributed by atoms with E-state index in [1.54, 1.807) is 39.5 Å². The van der Waals surface area contributed by atoms with Crippen LogP contribution in [0.5, 0.6) is 5.75 Å². The number of hydrogen-bond donors (Lipinski definition) is 8. The number of nitrogens with one attached hydrogen (secondary N) is 3. The molecule has 0 bridgehead atoms. The number of carboxylic acid groups (broad SMARTS) is 1. The monoisotopic (exact) mass is 694 g/mol. The molecule has 0 aliphatic carbocycles. The molecule has 0 saturated carbocycles. The van der Waals surface area contributed by atoms with E-state index < -0.39 is 90.1 Å². The van der Waals surface area contributed by atoms with Crippen molar-refractivity contribution in [2.24, 2.45) is 0 Å². The van der Waals surface area contributed by atoms with Crippen LogP contribution in [0.1, 0.15) is 68.4 Å². The number of morpholine rings is 1. The van der Waals surface area contributed by atoms with Crippen LogP contribution in [0.4, 0.5) is 4.79 Å². The van der Waals surface area contributed by atoms with E-state index in [0.717, 1.165) is 0 Å². The Kier molecular flexibility index (Phi) is 11.5. The number of aryl methyl sites for hydroxylation is 2. The number of carboxylic acids is 1. The molecule has 3 heterocycles. The number of likely N-dealkylation sites (tertiary alicyclic amines) is 1. The quantitative estimate of drug-likeness (QED) is 0.166. The summed E-state index contributed by atoms with van der Waals surface area (Å²) in [5, 5.41) is 62.5. The fraction of sp³-hybridized carbons (Fsp3) is 0.697. The Morgan fingerprint density at radius 3 is 2.41 bits per heavy atom. The van der Waals surface area contributed by atoms with Crippen molar-refractivity contribution in [3.63, 3.8) is 0 Å². The molecule has 4 rings (SSSR count). The van der Waals surface area contributed by atoms with Crippen molar-refractivity contribution >= 4 is 23.9 Å². The number of carbonyl (C=O) groups is 4. The summed E-state index contributed by atoms with van der Waals surface area (Å²) in [5.74, 6) is -2.58. The van der Waals surface area contributed by atoms with Gasteiger partial charge in [-0.25, -0.2) is 9.59 Å². The standard InChI is InChI=1S/C33H50N4O12/c1-17-9-20(10-18(2)25(17)41)28(43)34-13-23(40)26(42)27-24(35-19(3)38)22(39)12-33(48-27,29(44)45)11-21-14-47-16-32(36-21)7-8-37(15-32)30(46)49-31(4,5)6/h9-10,21-24,26-27,36,39-42H,7-8,11-16H2,1-6H3,(H,34,43)(H,35,38)(H,44,45)/t21-,22-,23+,24+,26+,27+,32+,33+/m0/s1. The van der Waals surface area contributed by atoms with Crippen molar-refractivity contribution in [2.45, 2.75) is 114 Å². The number of aromatic hydroxyl groups is 1. The van der Waals surface area contributed by atoms with Crippen LogP contribution >= 0.6 is 0 Å². The smallest absolute Gasteiger partial charge is 0.410 e. The number of benzene rings is 1. The summed E-state index contributed by atoms with van der Waals surface area (Å²) in [6, 6.07) is 1.00. The summed E-state index contributed by atoms with van der Waals surface area (Å²) in [7, 11) is 0. The molecule has 49 heavy (non-hydrogen) atoms. The lowest BCUT2D eigenvalue weighted by atomic mass is 9.79. The number of aliphatic carboxylic acids is 1. The van der Waals surface area contributed by atoms with Gasteiger partial charge < -0.3 is 60.6 Å². The van der Waals surface area contributed by atoms with Gasteiger partial charge in [0.2, 0.25) is 5.91 Å². The van der Waals surface area contributed by atoms with Gasteiger partial charge in [-0.15, -0.1) is 0 Å². The Balaban J connectivity index is 1.49. The molecule has 8 N–H and O–H groups in total. The van der Waals surface area contributed by atoms with Crippen LogP contribution in [0.3, 0.4) is 0 Å². The predicted molar refractivity (Wildman–Crippen MR) is 173 cm³/mol. The fourth-order valence-corrected chi connectivity index (χ4v) is 6.85. The highest BCUT2D eigenvalue weighted by Gasteiger charge is 2.56. The van der Waals surface area contributed by atoms with Crippen molar-refractivity contribution in [3.05, 3.63) is 28.8 Å². The maximum atomic E-state index is 12.9. The first kappa shape index (κ1) is 38.3. The van der Waals surface area contributed by atoms with Gasteiger partial charge in [-0.3, -0.25) is 9.59 Å². The van der Waals surface area contributed by atoms with E-state index in [1.165, 1.54) is 19.1 Å². The molecule has 1 aromatic carbocycles. The zero-order valence-electron chi connectivity index (χ0n) is 28.8. The van der Waals surface area contributed by atoms with Gasteiger partial charge in [-0.2, -0.15) is 0 Å². The number of amides is 3. The number of ether oxygens (including phenoxy) is 3. The second kappa shape index (κ2) is 14.7. The molecule has 3 aliphatic heterocycles. The number of phenols is 1. The third-order valence-electron chi connectivity index (χ3n) is 9.17. The summed E-state index contributed by atoms with van der Waals surface area (Å²) >= 11 is 0. The van der Waals surface area contributed by atoms with E-state index in [-0.39, 0.29) is 37.5 Å². The number of rotatable bonds is 9.